The highest BCUT2D eigenvalue weighted by molar-refractivity contribution is 5.81. The molecule has 0 atom stereocenters. The summed E-state index contributed by atoms with van der Waals surface area (Å²) in [6, 6.07) is 0. The lowest BCUT2D eigenvalue weighted by molar-refractivity contribution is -0.134. The first-order chi connectivity index (χ1) is 9.76. The van der Waals surface area contributed by atoms with Crippen molar-refractivity contribution < 1.29 is 9.32 Å². The zero-order chi connectivity index (χ0) is 13.9. The molecule has 20 heavy (non-hydrogen) atoms. The van der Waals surface area contributed by atoms with E-state index in [0.717, 1.165) is 57.7 Å². The lowest BCUT2D eigenvalue weighted by Gasteiger charge is -2.34. The zero-order valence-electron chi connectivity index (χ0n) is 12.0. The first kappa shape index (κ1) is 13.5. The van der Waals surface area contributed by atoms with Gasteiger partial charge in [-0.25, -0.2) is 0 Å². The molecule has 2 fully saturated rings. The molecule has 0 aromatic carbocycles. The Labute approximate surface area is 119 Å². The predicted molar refractivity (Wildman–Crippen MR) is 72.9 cm³/mol. The molecule has 0 unspecified atom stereocenters. The molecule has 0 spiro atoms. The molecule has 0 radical (unpaired) electrons. The topological polar surface area (TPSA) is 62.5 Å². The maximum Gasteiger partial charge on any atom is 0.240 e. The highest BCUT2D eigenvalue weighted by Crippen LogP contribution is 2.31. The average Bonchev–Trinajstić information content (AvgIpc) is 3.22. The van der Waals surface area contributed by atoms with E-state index in [4.69, 9.17) is 4.52 Å². The number of carbonyl (C=O) groups excluding carboxylic acids is 1. The fraction of sp³-hybridized carbons (Fsp3) is 0.786. The molecule has 110 valence electrons. The van der Waals surface area contributed by atoms with Crippen LogP contribution in [0.2, 0.25) is 0 Å². The normalized spacial score (nSPS) is 20.4. The maximum atomic E-state index is 12.0. The second kappa shape index (κ2) is 5.91. The third-order valence-corrected chi connectivity index (χ3v) is 3.95. The van der Waals surface area contributed by atoms with E-state index in [0.29, 0.717) is 24.3 Å². The second-order valence-corrected chi connectivity index (χ2v) is 5.73. The molecule has 1 aromatic rings. The Hall–Kier alpha value is -1.43. The van der Waals surface area contributed by atoms with Gasteiger partial charge >= 0.3 is 0 Å². The molecule has 1 amide bonds. The highest BCUT2D eigenvalue weighted by atomic mass is 16.5. The quantitative estimate of drug-likeness (QED) is 0.806. The van der Waals surface area contributed by atoms with Gasteiger partial charge in [-0.1, -0.05) is 12.1 Å². The third-order valence-electron chi connectivity index (χ3n) is 3.95. The van der Waals surface area contributed by atoms with Crippen LogP contribution in [0.15, 0.2) is 4.52 Å². The summed E-state index contributed by atoms with van der Waals surface area (Å²) in [5, 5.41) is 3.97. The summed E-state index contributed by atoms with van der Waals surface area (Å²) in [5.74, 6) is 2.17. The van der Waals surface area contributed by atoms with Crippen LogP contribution in [0.25, 0.3) is 0 Å². The van der Waals surface area contributed by atoms with Gasteiger partial charge in [-0.2, -0.15) is 4.98 Å². The molecule has 1 aliphatic carbocycles. The number of hydrogen-bond donors (Lipinski definition) is 0. The van der Waals surface area contributed by atoms with Crippen LogP contribution in [0, 0.1) is 5.92 Å². The second-order valence-electron chi connectivity index (χ2n) is 5.73. The van der Waals surface area contributed by atoms with Crippen LogP contribution >= 0.6 is 0 Å². The van der Waals surface area contributed by atoms with Crippen LogP contribution in [0.3, 0.4) is 0 Å². The van der Waals surface area contributed by atoms with Gasteiger partial charge in [0.25, 0.3) is 0 Å². The number of hydrogen-bond acceptors (Lipinski definition) is 5. The van der Waals surface area contributed by atoms with Gasteiger partial charge in [0.2, 0.25) is 11.8 Å². The fourth-order valence-corrected chi connectivity index (χ4v) is 2.59. The van der Waals surface area contributed by atoms with E-state index in [2.05, 4.69) is 22.0 Å². The van der Waals surface area contributed by atoms with Crippen LogP contribution < -0.4 is 0 Å². The van der Waals surface area contributed by atoms with Crippen molar-refractivity contribution in [1.82, 2.24) is 19.9 Å². The van der Waals surface area contributed by atoms with E-state index in [9.17, 15) is 4.79 Å². The molecule has 1 saturated carbocycles. The van der Waals surface area contributed by atoms with Crippen molar-refractivity contribution in [1.29, 1.82) is 0 Å². The Balaban J connectivity index is 1.46. The lowest BCUT2D eigenvalue weighted by atomic mass is 10.2. The molecule has 2 aliphatic rings. The van der Waals surface area contributed by atoms with Crippen LogP contribution in [0.5, 0.6) is 0 Å². The van der Waals surface area contributed by atoms with E-state index < -0.39 is 0 Å². The maximum absolute atomic E-state index is 12.0. The molecule has 0 N–H and O–H groups in total. The summed E-state index contributed by atoms with van der Waals surface area (Å²) < 4.78 is 5.26. The van der Waals surface area contributed by atoms with Gasteiger partial charge in [0, 0.05) is 38.5 Å². The Kier molecular flexibility index (Phi) is 4.00. The summed E-state index contributed by atoms with van der Waals surface area (Å²) in [4.78, 5) is 20.6. The van der Waals surface area contributed by atoms with Crippen LogP contribution in [0.4, 0.5) is 0 Å². The Bertz CT molecular complexity index is 461. The number of rotatable bonds is 5. The molecule has 1 aromatic heterocycles. The van der Waals surface area contributed by atoms with E-state index >= 15 is 0 Å². The molecular formula is C14H22N4O2. The Morgan fingerprint density at radius 2 is 2.05 bits per heavy atom. The molecule has 1 aliphatic heterocycles. The number of carbonyl (C=O) groups is 1. The van der Waals surface area contributed by atoms with Crippen molar-refractivity contribution in [2.24, 2.45) is 5.92 Å². The van der Waals surface area contributed by atoms with E-state index in [-0.39, 0.29) is 0 Å². The molecule has 3 rings (SSSR count). The predicted octanol–water partition coefficient (Wildman–Crippen LogP) is 1.08. The summed E-state index contributed by atoms with van der Waals surface area (Å²) in [7, 11) is 0. The molecule has 6 nitrogen and oxygen atoms in total. The standard InChI is InChI=1S/C14H22N4O2/c1-2-3-12-15-13(20-16-12)10-17-6-8-18(9-7-17)14(19)11-4-5-11/h11H,2-10H2,1H3. The van der Waals surface area contributed by atoms with Crippen molar-refractivity contribution in [2.45, 2.75) is 39.2 Å². The minimum Gasteiger partial charge on any atom is -0.340 e. The van der Waals surface area contributed by atoms with Gasteiger partial charge in [-0.05, 0) is 19.3 Å². The smallest absolute Gasteiger partial charge is 0.240 e. The molecule has 1 saturated heterocycles. The Morgan fingerprint density at radius 1 is 1.30 bits per heavy atom. The van der Waals surface area contributed by atoms with Crippen molar-refractivity contribution in [3.8, 4) is 0 Å². The van der Waals surface area contributed by atoms with E-state index in [1.54, 1.807) is 0 Å². The first-order valence-corrected chi connectivity index (χ1v) is 7.59. The minimum atomic E-state index is 0.328. The fourth-order valence-electron chi connectivity index (χ4n) is 2.59. The number of amides is 1. The number of piperazine rings is 1. The van der Waals surface area contributed by atoms with Gasteiger partial charge in [-0.3, -0.25) is 9.69 Å². The molecule has 2 heterocycles. The van der Waals surface area contributed by atoms with Gasteiger partial charge < -0.3 is 9.42 Å². The summed E-state index contributed by atoms with van der Waals surface area (Å²) in [6.45, 7) is 6.23. The van der Waals surface area contributed by atoms with Crippen LogP contribution in [-0.2, 0) is 17.8 Å². The zero-order valence-corrected chi connectivity index (χ0v) is 12.0. The van der Waals surface area contributed by atoms with Gasteiger partial charge in [0.15, 0.2) is 5.82 Å². The molecular weight excluding hydrogens is 256 g/mol. The van der Waals surface area contributed by atoms with Crippen molar-refractivity contribution in [3.63, 3.8) is 0 Å². The average molecular weight is 278 g/mol. The van der Waals surface area contributed by atoms with Crippen molar-refractivity contribution >= 4 is 5.91 Å². The number of aromatic nitrogens is 2. The molecule has 6 heteroatoms. The van der Waals surface area contributed by atoms with Gasteiger partial charge in [0.05, 0.1) is 6.54 Å². The summed E-state index contributed by atoms with van der Waals surface area (Å²) >= 11 is 0. The third kappa shape index (κ3) is 3.17. The summed E-state index contributed by atoms with van der Waals surface area (Å²) in [5.41, 5.74) is 0. The van der Waals surface area contributed by atoms with Crippen LogP contribution in [0.1, 0.15) is 37.9 Å². The Morgan fingerprint density at radius 3 is 2.70 bits per heavy atom. The van der Waals surface area contributed by atoms with Gasteiger partial charge in [-0.15, -0.1) is 0 Å². The van der Waals surface area contributed by atoms with E-state index in [1.807, 2.05) is 4.90 Å². The first-order valence-electron chi connectivity index (χ1n) is 7.59. The minimum absolute atomic E-state index is 0.328. The summed E-state index contributed by atoms with van der Waals surface area (Å²) in [6.07, 6.45) is 4.07. The van der Waals surface area contributed by atoms with Crippen LogP contribution in [-0.4, -0.2) is 52.0 Å². The van der Waals surface area contributed by atoms with Gasteiger partial charge in [0.1, 0.15) is 0 Å². The van der Waals surface area contributed by atoms with E-state index in [1.165, 1.54) is 0 Å². The SMILES string of the molecule is CCCc1noc(CN2CCN(C(=O)C3CC3)CC2)n1. The lowest BCUT2D eigenvalue weighted by Crippen LogP contribution is -2.48. The molecule has 0 bridgehead atoms. The monoisotopic (exact) mass is 278 g/mol. The number of nitrogens with zero attached hydrogens (tertiary/aromatic N) is 4. The largest absolute Gasteiger partial charge is 0.340 e. The number of aryl methyl sites for hydroxylation is 1. The van der Waals surface area contributed by atoms with Crippen molar-refractivity contribution in [2.75, 3.05) is 26.2 Å². The van der Waals surface area contributed by atoms with Crippen molar-refractivity contribution in [3.05, 3.63) is 11.7 Å². The highest BCUT2D eigenvalue weighted by Gasteiger charge is 2.34.